The predicted octanol–water partition coefficient (Wildman–Crippen LogP) is 1.70. The van der Waals surface area contributed by atoms with Crippen molar-refractivity contribution in [2.24, 2.45) is 0 Å². The van der Waals surface area contributed by atoms with E-state index >= 15 is 0 Å². The summed E-state index contributed by atoms with van der Waals surface area (Å²) < 4.78 is 37.4. The van der Waals surface area contributed by atoms with Gasteiger partial charge in [0.2, 0.25) is 0 Å². The molecule has 0 unspecified atom stereocenters. The number of halogens is 3. The zero-order valence-corrected chi connectivity index (χ0v) is 9.93. The lowest BCUT2D eigenvalue weighted by atomic mass is 10.3. The summed E-state index contributed by atoms with van der Waals surface area (Å²) in [7, 11) is 0. The van der Waals surface area contributed by atoms with Crippen molar-refractivity contribution in [1.82, 2.24) is 25.5 Å². The number of nitrogens with zero attached hydrogens (tertiary/aromatic N) is 4. The molecule has 1 heterocycles. The van der Waals surface area contributed by atoms with E-state index in [9.17, 15) is 13.2 Å². The maximum atomic E-state index is 12.0. The van der Waals surface area contributed by atoms with Gasteiger partial charge in [-0.15, -0.1) is 5.10 Å². The minimum absolute atomic E-state index is 0.162. The number of nitrogens with one attached hydrogen (secondary N) is 1. The Morgan fingerprint density at radius 1 is 1.16 bits per heavy atom. The average Bonchev–Trinajstić information content (AvgIpc) is 2.83. The number of para-hydroxylation sites is 1. The van der Waals surface area contributed by atoms with Crippen molar-refractivity contribution < 1.29 is 13.2 Å². The van der Waals surface area contributed by atoms with Gasteiger partial charge in [-0.05, 0) is 22.6 Å². The van der Waals surface area contributed by atoms with Gasteiger partial charge in [0.15, 0.2) is 5.82 Å². The van der Waals surface area contributed by atoms with Crippen LogP contribution in [0, 0.1) is 0 Å². The second-order valence-corrected chi connectivity index (χ2v) is 3.88. The van der Waals surface area contributed by atoms with Crippen molar-refractivity contribution in [2.45, 2.75) is 19.1 Å². The van der Waals surface area contributed by atoms with E-state index in [0.29, 0.717) is 5.82 Å². The molecule has 0 aliphatic rings. The van der Waals surface area contributed by atoms with Crippen LogP contribution in [-0.2, 0) is 6.54 Å². The van der Waals surface area contributed by atoms with Gasteiger partial charge in [0, 0.05) is 6.54 Å². The summed E-state index contributed by atoms with van der Waals surface area (Å²) in [5, 5.41) is 13.8. The molecule has 102 valence electrons. The van der Waals surface area contributed by atoms with Crippen LogP contribution in [0.3, 0.4) is 0 Å². The maximum absolute atomic E-state index is 12.0. The van der Waals surface area contributed by atoms with Crippen LogP contribution in [0.5, 0.6) is 0 Å². The highest BCUT2D eigenvalue weighted by Crippen LogP contribution is 2.18. The zero-order valence-electron chi connectivity index (χ0n) is 9.93. The standard InChI is InChI=1S/C11H12F3N5/c12-11(13,14)6-7-15-8-10-16-17-18-19(10)9-4-2-1-3-5-9/h1-5,15H,6-8H2. The monoisotopic (exact) mass is 271 g/mol. The highest BCUT2D eigenvalue weighted by atomic mass is 19.4. The summed E-state index contributed by atoms with van der Waals surface area (Å²) >= 11 is 0. The third-order valence-electron chi connectivity index (χ3n) is 2.40. The second kappa shape index (κ2) is 5.79. The minimum atomic E-state index is -4.15. The molecule has 0 atom stereocenters. The quantitative estimate of drug-likeness (QED) is 0.841. The topological polar surface area (TPSA) is 55.6 Å². The largest absolute Gasteiger partial charge is 0.390 e. The molecule has 2 rings (SSSR count). The number of rotatable bonds is 5. The minimum Gasteiger partial charge on any atom is -0.309 e. The van der Waals surface area contributed by atoms with E-state index in [1.807, 2.05) is 30.3 Å². The first-order chi connectivity index (χ1) is 9.06. The Morgan fingerprint density at radius 2 is 1.89 bits per heavy atom. The lowest BCUT2D eigenvalue weighted by molar-refractivity contribution is -0.133. The molecule has 0 amide bonds. The van der Waals surface area contributed by atoms with Gasteiger partial charge in [0.05, 0.1) is 18.7 Å². The number of hydrogen-bond acceptors (Lipinski definition) is 4. The Hall–Kier alpha value is -1.96. The first-order valence-corrected chi connectivity index (χ1v) is 5.66. The molecule has 0 fully saturated rings. The van der Waals surface area contributed by atoms with Crippen LogP contribution in [0.4, 0.5) is 13.2 Å². The lowest BCUT2D eigenvalue weighted by Gasteiger charge is -2.07. The molecule has 0 spiro atoms. The van der Waals surface area contributed by atoms with Crippen molar-refractivity contribution in [3.8, 4) is 5.69 Å². The molecule has 1 aromatic heterocycles. The summed E-state index contributed by atoms with van der Waals surface area (Å²) in [6.45, 7) is 0.0170. The molecular weight excluding hydrogens is 259 g/mol. The summed E-state index contributed by atoms with van der Waals surface area (Å²) in [4.78, 5) is 0. The van der Waals surface area contributed by atoms with E-state index in [4.69, 9.17) is 0 Å². The number of tetrazole rings is 1. The smallest absolute Gasteiger partial charge is 0.309 e. The molecule has 0 bridgehead atoms. The van der Waals surface area contributed by atoms with Crippen LogP contribution in [-0.4, -0.2) is 32.9 Å². The second-order valence-electron chi connectivity index (χ2n) is 3.88. The normalized spacial score (nSPS) is 11.7. The number of aromatic nitrogens is 4. The Balaban J connectivity index is 1.94. The number of alkyl halides is 3. The van der Waals surface area contributed by atoms with Crippen molar-refractivity contribution in [2.75, 3.05) is 6.54 Å². The first kappa shape index (κ1) is 13.5. The number of hydrogen-bond donors (Lipinski definition) is 1. The van der Waals surface area contributed by atoms with Crippen LogP contribution in [0.1, 0.15) is 12.2 Å². The van der Waals surface area contributed by atoms with Crippen molar-refractivity contribution in [3.05, 3.63) is 36.2 Å². The summed E-state index contributed by atoms with van der Waals surface area (Å²) in [6.07, 6.45) is -5.03. The van der Waals surface area contributed by atoms with E-state index < -0.39 is 12.6 Å². The number of benzene rings is 1. The molecular formula is C11H12F3N5. The van der Waals surface area contributed by atoms with Crippen molar-refractivity contribution in [3.63, 3.8) is 0 Å². The molecule has 8 heteroatoms. The van der Waals surface area contributed by atoms with Crippen LogP contribution < -0.4 is 5.32 Å². The summed E-state index contributed by atoms with van der Waals surface area (Å²) in [6, 6.07) is 9.15. The van der Waals surface area contributed by atoms with E-state index in [1.165, 1.54) is 4.68 Å². The van der Waals surface area contributed by atoms with Crippen molar-refractivity contribution in [1.29, 1.82) is 0 Å². The van der Waals surface area contributed by atoms with E-state index in [0.717, 1.165) is 5.69 Å². The van der Waals surface area contributed by atoms with Gasteiger partial charge in [-0.2, -0.15) is 17.9 Å². The Morgan fingerprint density at radius 3 is 2.58 bits per heavy atom. The fourth-order valence-electron chi connectivity index (χ4n) is 1.52. The molecule has 0 radical (unpaired) electrons. The van der Waals surface area contributed by atoms with Gasteiger partial charge in [-0.25, -0.2) is 0 Å². The van der Waals surface area contributed by atoms with Crippen LogP contribution in [0.25, 0.3) is 5.69 Å². The molecule has 2 aromatic rings. The lowest BCUT2D eigenvalue weighted by Crippen LogP contribution is -2.23. The van der Waals surface area contributed by atoms with E-state index in [1.54, 1.807) is 0 Å². The Labute approximate surface area is 107 Å². The Bertz CT molecular complexity index is 509. The van der Waals surface area contributed by atoms with E-state index in [-0.39, 0.29) is 13.1 Å². The van der Waals surface area contributed by atoms with Crippen LogP contribution >= 0.6 is 0 Å². The van der Waals surface area contributed by atoms with Crippen molar-refractivity contribution >= 4 is 0 Å². The zero-order chi connectivity index (χ0) is 13.7. The van der Waals surface area contributed by atoms with Gasteiger partial charge in [0.25, 0.3) is 0 Å². The molecule has 5 nitrogen and oxygen atoms in total. The van der Waals surface area contributed by atoms with Gasteiger partial charge < -0.3 is 5.32 Å². The highest BCUT2D eigenvalue weighted by Gasteiger charge is 2.26. The maximum Gasteiger partial charge on any atom is 0.390 e. The third-order valence-corrected chi connectivity index (χ3v) is 2.40. The highest BCUT2D eigenvalue weighted by molar-refractivity contribution is 5.30. The summed E-state index contributed by atoms with van der Waals surface area (Å²) in [5.41, 5.74) is 0.764. The van der Waals surface area contributed by atoms with Gasteiger partial charge in [-0.1, -0.05) is 18.2 Å². The molecule has 0 saturated carbocycles. The molecule has 19 heavy (non-hydrogen) atoms. The summed E-state index contributed by atoms with van der Waals surface area (Å²) in [5.74, 6) is 0.466. The predicted molar refractivity (Wildman–Crippen MR) is 61.5 cm³/mol. The molecule has 1 N–H and O–H groups in total. The molecule has 1 aromatic carbocycles. The SMILES string of the molecule is FC(F)(F)CCNCc1nnnn1-c1ccccc1. The van der Waals surface area contributed by atoms with Crippen LogP contribution in [0.15, 0.2) is 30.3 Å². The van der Waals surface area contributed by atoms with E-state index in [2.05, 4.69) is 20.8 Å². The van der Waals surface area contributed by atoms with Gasteiger partial charge >= 0.3 is 6.18 Å². The Kier molecular flexibility index (Phi) is 4.10. The fourth-order valence-corrected chi connectivity index (χ4v) is 1.52. The third kappa shape index (κ3) is 4.02. The molecule has 0 saturated heterocycles. The average molecular weight is 271 g/mol. The van der Waals surface area contributed by atoms with Crippen LogP contribution in [0.2, 0.25) is 0 Å². The van der Waals surface area contributed by atoms with Gasteiger partial charge in [-0.3, -0.25) is 0 Å². The molecule has 0 aliphatic heterocycles. The van der Waals surface area contributed by atoms with Gasteiger partial charge in [0.1, 0.15) is 0 Å². The fraction of sp³-hybridized carbons (Fsp3) is 0.364. The first-order valence-electron chi connectivity index (χ1n) is 5.66. The molecule has 0 aliphatic carbocycles.